The molecule has 1 unspecified atom stereocenters. The summed E-state index contributed by atoms with van der Waals surface area (Å²) in [7, 11) is 0. The van der Waals surface area contributed by atoms with E-state index in [0.29, 0.717) is 5.69 Å². The molecule has 3 N–H and O–H groups in total. The fourth-order valence-electron chi connectivity index (χ4n) is 1.89. The minimum Gasteiger partial charge on any atom is -0.491 e. The van der Waals surface area contributed by atoms with Crippen molar-refractivity contribution in [2.45, 2.75) is 19.4 Å². The molecule has 3 heteroatoms. The molecule has 0 aliphatic rings. The predicted octanol–water partition coefficient (Wildman–Crippen LogP) is 2.94. The zero-order valence-electron chi connectivity index (χ0n) is 11.0. The van der Waals surface area contributed by atoms with E-state index in [1.54, 1.807) is 12.1 Å². The highest BCUT2D eigenvalue weighted by Crippen LogP contribution is 2.19. The van der Waals surface area contributed by atoms with Gasteiger partial charge in [-0.15, -0.1) is 0 Å². The summed E-state index contributed by atoms with van der Waals surface area (Å²) in [4.78, 5) is 0. The van der Waals surface area contributed by atoms with Crippen molar-refractivity contribution in [2.75, 3.05) is 12.3 Å². The number of anilines is 1. The smallest absolute Gasteiger partial charge is 0.119 e. The van der Waals surface area contributed by atoms with Crippen molar-refractivity contribution >= 4 is 5.69 Å². The van der Waals surface area contributed by atoms with Gasteiger partial charge in [0.2, 0.25) is 0 Å². The van der Waals surface area contributed by atoms with Gasteiger partial charge in [-0.2, -0.15) is 0 Å². The number of hydrogen-bond donors (Lipinski definition) is 2. The molecule has 0 fully saturated rings. The molecule has 0 saturated carbocycles. The monoisotopic (exact) mass is 257 g/mol. The number of rotatable bonds is 5. The summed E-state index contributed by atoms with van der Waals surface area (Å²) in [5.74, 6) is 0.780. The maximum atomic E-state index is 10.1. The fourth-order valence-corrected chi connectivity index (χ4v) is 1.89. The Kier molecular flexibility index (Phi) is 4.42. The van der Waals surface area contributed by atoms with Crippen LogP contribution in [0.1, 0.15) is 24.2 Å². The van der Waals surface area contributed by atoms with Gasteiger partial charge in [0.15, 0.2) is 0 Å². The number of benzene rings is 2. The molecule has 0 aliphatic heterocycles. The van der Waals surface area contributed by atoms with E-state index in [-0.39, 0.29) is 6.61 Å². The Morgan fingerprint density at radius 3 is 2.68 bits per heavy atom. The third-order valence-corrected chi connectivity index (χ3v) is 3.01. The van der Waals surface area contributed by atoms with Crippen molar-refractivity contribution in [3.05, 3.63) is 59.7 Å². The zero-order chi connectivity index (χ0) is 13.7. The van der Waals surface area contributed by atoms with Gasteiger partial charge in [-0.05, 0) is 41.8 Å². The highest BCUT2D eigenvalue weighted by atomic mass is 16.5. The van der Waals surface area contributed by atoms with E-state index in [9.17, 15) is 5.11 Å². The summed E-state index contributed by atoms with van der Waals surface area (Å²) < 4.78 is 5.61. The van der Waals surface area contributed by atoms with E-state index >= 15 is 0 Å². The predicted molar refractivity (Wildman–Crippen MR) is 77.1 cm³/mol. The number of aliphatic hydroxyl groups is 1. The summed E-state index contributed by atoms with van der Waals surface area (Å²) >= 11 is 0. The molecule has 0 aliphatic carbocycles. The van der Waals surface area contributed by atoms with Crippen molar-refractivity contribution in [2.24, 2.45) is 0 Å². The largest absolute Gasteiger partial charge is 0.491 e. The molecule has 0 spiro atoms. The van der Waals surface area contributed by atoms with Crippen LogP contribution >= 0.6 is 0 Å². The van der Waals surface area contributed by atoms with Crippen molar-refractivity contribution in [1.29, 1.82) is 0 Å². The first kappa shape index (κ1) is 13.4. The molecule has 0 radical (unpaired) electrons. The highest BCUT2D eigenvalue weighted by Gasteiger charge is 2.08. The highest BCUT2D eigenvalue weighted by molar-refractivity contribution is 5.41. The van der Waals surface area contributed by atoms with E-state index in [1.165, 1.54) is 5.56 Å². The van der Waals surface area contributed by atoms with Gasteiger partial charge in [0.05, 0.1) is 0 Å². The number of aliphatic hydroxyl groups excluding tert-OH is 1. The normalized spacial score (nSPS) is 12.1. The number of aryl methyl sites for hydroxylation is 1. The second kappa shape index (κ2) is 6.25. The molecule has 2 aromatic rings. The van der Waals surface area contributed by atoms with Crippen LogP contribution in [0.4, 0.5) is 5.69 Å². The molecule has 1 atom stereocenters. The van der Waals surface area contributed by atoms with Gasteiger partial charge in [-0.1, -0.05) is 31.2 Å². The molecule has 3 nitrogen and oxygen atoms in total. The molecule has 0 saturated heterocycles. The van der Waals surface area contributed by atoms with Crippen LogP contribution in [0, 0.1) is 0 Å². The third kappa shape index (κ3) is 3.73. The standard InChI is InChI=1S/C16H19NO2/c1-2-12-5-3-8-15(9-12)19-11-16(18)13-6-4-7-14(17)10-13/h3-10,16,18H,2,11,17H2,1H3. The van der Waals surface area contributed by atoms with Crippen molar-refractivity contribution in [3.8, 4) is 5.75 Å². The third-order valence-electron chi connectivity index (χ3n) is 3.01. The van der Waals surface area contributed by atoms with Gasteiger partial charge in [0, 0.05) is 5.69 Å². The maximum absolute atomic E-state index is 10.1. The van der Waals surface area contributed by atoms with Crippen molar-refractivity contribution in [1.82, 2.24) is 0 Å². The average Bonchev–Trinajstić information content (AvgIpc) is 2.45. The summed E-state index contributed by atoms with van der Waals surface area (Å²) in [5, 5.41) is 10.1. The SMILES string of the molecule is CCc1cccc(OCC(O)c2cccc(N)c2)c1. The van der Waals surface area contributed by atoms with Gasteiger partial charge in [0.25, 0.3) is 0 Å². The van der Waals surface area contributed by atoms with Crippen LogP contribution < -0.4 is 10.5 Å². The molecule has 100 valence electrons. The van der Waals surface area contributed by atoms with Gasteiger partial charge in [0.1, 0.15) is 18.5 Å². The van der Waals surface area contributed by atoms with Crippen molar-refractivity contribution < 1.29 is 9.84 Å². The van der Waals surface area contributed by atoms with E-state index in [4.69, 9.17) is 10.5 Å². The lowest BCUT2D eigenvalue weighted by atomic mass is 10.1. The topological polar surface area (TPSA) is 55.5 Å². The molecule has 0 bridgehead atoms. The molecule has 19 heavy (non-hydrogen) atoms. The lowest BCUT2D eigenvalue weighted by molar-refractivity contribution is 0.108. The van der Waals surface area contributed by atoms with Crippen LogP contribution in [0.25, 0.3) is 0 Å². The molecule has 2 aromatic carbocycles. The van der Waals surface area contributed by atoms with Crippen LogP contribution in [-0.4, -0.2) is 11.7 Å². The van der Waals surface area contributed by atoms with Crippen LogP contribution in [0.5, 0.6) is 5.75 Å². The van der Waals surface area contributed by atoms with Gasteiger partial charge in [-0.25, -0.2) is 0 Å². The molecule has 0 heterocycles. The second-order valence-corrected chi connectivity index (χ2v) is 4.50. The Balaban J connectivity index is 1.98. The van der Waals surface area contributed by atoms with E-state index < -0.39 is 6.10 Å². The minimum atomic E-state index is -0.672. The van der Waals surface area contributed by atoms with E-state index in [0.717, 1.165) is 17.7 Å². The lowest BCUT2D eigenvalue weighted by Gasteiger charge is -2.13. The quantitative estimate of drug-likeness (QED) is 0.810. The van der Waals surface area contributed by atoms with Crippen molar-refractivity contribution in [3.63, 3.8) is 0 Å². The van der Waals surface area contributed by atoms with Crippen LogP contribution in [-0.2, 0) is 6.42 Å². The van der Waals surface area contributed by atoms with Crippen LogP contribution in [0.3, 0.4) is 0 Å². The summed E-state index contributed by atoms with van der Waals surface area (Å²) in [6, 6.07) is 15.1. The molecular weight excluding hydrogens is 238 g/mol. The van der Waals surface area contributed by atoms with Crippen LogP contribution in [0.2, 0.25) is 0 Å². The maximum Gasteiger partial charge on any atom is 0.119 e. The number of hydrogen-bond acceptors (Lipinski definition) is 3. The first-order valence-corrected chi connectivity index (χ1v) is 6.44. The van der Waals surface area contributed by atoms with Gasteiger partial charge in [-0.3, -0.25) is 0 Å². The number of nitrogen functional groups attached to an aromatic ring is 1. The van der Waals surface area contributed by atoms with Gasteiger partial charge < -0.3 is 15.6 Å². The van der Waals surface area contributed by atoms with E-state index in [1.807, 2.05) is 30.3 Å². The zero-order valence-corrected chi connectivity index (χ0v) is 11.0. The van der Waals surface area contributed by atoms with Gasteiger partial charge >= 0.3 is 0 Å². The number of nitrogens with two attached hydrogens (primary N) is 1. The van der Waals surface area contributed by atoms with Crippen LogP contribution in [0.15, 0.2) is 48.5 Å². The van der Waals surface area contributed by atoms with E-state index in [2.05, 4.69) is 13.0 Å². The average molecular weight is 257 g/mol. The summed E-state index contributed by atoms with van der Waals surface area (Å²) in [6.07, 6.45) is 0.295. The Bertz CT molecular complexity index is 540. The minimum absolute atomic E-state index is 0.219. The molecule has 0 aromatic heterocycles. The Hall–Kier alpha value is -2.00. The Morgan fingerprint density at radius 2 is 1.95 bits per heavy atom. The summed E-state index contributed by atoms with van der Waals surface area (Å²) in [5.41, 5.74) is 8.32. The second-order valence-electron chi connectivity index (χ2n) is 4.50. The lowest BCUT2D eigenvalue weighted by Crippen LogP contribution is -2.10. The first-order chi connectivity index (χ1) is 9.19. The molecule has 0 amide bonds. The molecular formula is C16H19NO2. The summed E-state index contributed by atoms with van der Waals surface area (Å²) in [6.45, 7) is 2.32. The number of ether oxygens (including phenoxy) is 1. The molecule has 2 rings (SSSR count). The fraction of sp³-hybridized carbons (Fsp3) is 0.250. The first-order valence-electron chi connectivity index (χ1n) is 6.44. The Morgan fingerprint density at radius 1 is 1.16 bits per heavy atom. The Labute approximate surface area is 113 Å².